The van der Waals surface area contributed by atoms with Gasteiger partial charge in [-0.05, 0) is 89.2 Å². The Morgan fingerprint density at radius 3 is 2.24 bits per heavy atom. The molecular weight excluding hydrogens is 724 g/mol. The molecule has 1 aromatic heterocycles. The molecule has 2 heterocycles. The molecule has 0 unspecified atom stereocenters. The highest BCUT2D eigenvalue weighted by molar-refractivity contribution is 6.32. The van der Waals surface area contributed by atoms with Gasteiger partial charge in [-0.15, -0.1) is 0 Å². The first kappa shape index (κ1) is 38.8. The van der Waals surface area contributed by atoms with Crippen LogP contribution in [-0.4, -0.2) is 53.5 Å². The van der Waals surface area contributed by atoms with Gasteiger partial charge in [-0.2, -0.15) is 0 Å². The molecule has 280 valence electrons. The summed E-state index contributed by atoms with van der Waals surface area (Å²) < 4.78 is 31.0. The summed E-state index contributed by atoms with van der Waals surface area (Å²) in [5, 5.41) is 0.697. The molecule has 0 N–H and O–H groups in total. The Morgan fingerprint density at radius 2 is 1.57 bits per heavy atom. The van der Waals surface area contributed by atoms with Crippen LogP contribution in [0, 0.1) is 12.7 Å². The van der Waals surface area contributed by atoms with Gasteiger partial charge in [0.05, 0.1) is 22.8 Å². The van der Waals surface area contributed by atoms with Crippen molar-refractivity contribution in [3.63, 3.8) is 0 Å². The number of pyridine rings is 1. The van der Waals surface area contributed by atoms with Gasteiger partial charge in [0, 0.05) is 56.9 Å². The highest BCUT2D eigenvalue weighted by atomic mass is 35.5. The fraction of sp³-hybridized carbons (Fsp3) is 0.273. The van der Waals surface area contributed by atoms with Gasteiger partial charge in [-0.1, -0.05) is 79.5 Å². The number of hydrogen-bond acceptors (Lipinski definition) is 6. The quantitative estimate of drug-likeness (QED) is 0.105. The summed E-state index contributed by atoms with van der Waals surface area (Å²) in [7, 11) is 0. The third-order valence-corrected chi connectivity index (χ3v) is 9.95. The van der Waals surface area contributed by atoms with E-state index >= 15 is 0 Å². The van der Waals surface area contributed by atoms with Gasteiger partial charge < -0.3 is 19.1 Å². The fourth-order valence-electron chi connectivity index (χ4n) is 6.10. The second kappa shape index (κ2) is 18.4. The molecule has 1 fully saturated rings. The molecule has 1 aliphatic rings. The Hall–Kier alpha value is -4.89. The van der Waals surface area contributed by atoms with Crippen LogP contribution in [0.15, 0.2) is 103 Å². The molecule has 0 aliphatic carbocycles. The Kier molecular flexibility index (Phi) is 13.3. The maximum absolute atomic E-state index is 13.3. The van der Waals surface area contributed by atoms with Crippen LogP contribution >= 0.6 is 23.2 Å². The maximum atomic E-state index is 13.3. The average molecular weight is 769 g/mol. The first-order chi connectivity index (χ1) is 26.1. The predicted molar refractivity (Wildman–Crippen MR) is 213 cm³/mol. The normalized spacial score (nSPS) is 13.4. The number of nitrogens with zero attached hydrogens (tertiary/aromatic N) is 3. The summed E-state index contributed by atoms with van der Waals surface area (Å²) >= 11 is 12.7. The number of rotatable bonds is 14. The second-order valence-corrected chi connectivity index (χ2v) is 14.5. The molecular formula is C44H44Cl2FN3O4. The van der Waals surface area contributed by atoms with E-state index in [1.54, 1.807) is 36.4 Å². The minimum Gasteiger partial charge on any atom is -0.493 e. The molecule has 0 atom stereocenters. The summed E-state index contributed by atoms with van der Waals surface area (Å²) in [4.78, 5) is 21.7. The summed E-state index contributed by atoms with van der Waals surface area (Å²) in [6.45, 7) is 10.9. The number of halogens is 3. The van der Waals surface area contributed by atoms with E-state index in [0.29, 0.717) is 58.6 Å². The highest BCUT2D eigenvalue weighted by Gasteiger charge is 2.20. The zero-order valence-electron chi connectivity index (χ0n) is 30.7. The van der Waals surface area contributed by atoms with Crippen molar-refractivity contribution in [2.75, 3.05) is 32.8 Å². The van der Waals surface area contributed by atoms with Gasteiger partial charge >= 0.3 is 0 Å². The molecule has 0 radical (unpaired) electrons. The van der Waals surface area contributed by atoms with Gasteiger partial charge in [0.15, 0.2) is 5.75 Å². The lowest BCUT2D eigenvalue weighted by Crippen LogP contribution is -2.47. The van der Waals surface area contributed by atoms with Crippen molar-refractivity contribution >= 4 is 35.2 Å². The van der Waals surface area contributed by atoms with E-state index in [-0.39, 0.29) is 12.5 Å². The van der Waals surface area contributed by atoms with Crippen molar-refractivity contribution in [1.29, 1.82) is 0 Å². The lowest BCUT2D eigenvalue weighted by atomic mass is 10.0. The lowest BCUT2D eigenvalue weighted by molar-refractivity contribution is -0.127. The molecule has 4 aromatic carbocycles. The molecule has 0 spiro atoms. The van der Waals surface area contributed by atoms with Crippen molar-refractivity contribution in [3.05, 3.63) is 153 Å². The molecule has 1 aliphatic heterocycles. The second-order valence-electron chi connectivity index (χ2n) is 13.7. The van der Waals surface area contributed by atoms with E-state index in [2.05, 4.69) is 60.1 Å². The molecule has 7 nitrogen and oxygen atoms in total. The Bertz CT molecular complexity index is 2020. The van der Waals surface area contributed by atoms with E-state index < -0.39 is 5.82 Å². The number of aromatic nitrogens is 1. The summed E-state index contributed by atoms with van der Waals surface area (Å²) in [5.41, 5.74) is 6.07. The number of hydrogen-bond donors (Lipinski definition) is 0. The average Bonchev–Trinajstić information content (AvgIpc) is 3.16. The van der Waals surface area contributed by atoms with Gasteiger partial charge in [-0.3, -0.25) is 9.69 Å². The maximum Gasteiger partial charge on any atom is 0.246 e. The van der Waals surface area contributed by atoms with Crippen molar-refractivity contribution in [1.82, 2.24) is 14.8 Å². The minimum absolute atomic E-state index is 0.0283. The monoisotopic (exact) mass is 767 g/mol. The third kappa shape index (κ3) is 10.8. The van der Waals surface area contributed by atoms with Crippen LogP contribution in [-0.2, 0) is 24.4 Å². The fourth-order valence-corrected chi connectivity index (χ4v) is 6.64. The number of carbonyl (C=O) groups excluding carboxylic acids is 1. The Labute approximate surface area is 326 Å². The van der Waals surface area contributed by atoms with Crippen LogP contribution in [0.2, 0.25) is 10.0 Å². The van der Waals surface area contributed by atoms with Crippen molar-refractivity contribution in [2.45, 2.75) is 46.3 Å². The van der Waals surface area contributed by atoms with Crippen LogP contribution < -0.4 is 14.2 Å². The van der Waals surface area contributed by atoms with Crippen molar-refractivity contribution in [3.8, 4) is 23.1 Å². The van der Waals surface area contributed by atoms with Crippen LogP contribution in [0.5, 0.6) is 23.1 Å². The molecule has 6 rings (SSSR count). The van der Waals surface area contributed by atoms with Crippen LogP contribution in [0.4, 0.5) is 4.39 Å². The number of piperazine rings is 1. The van der Waals surface area contributed by atoms with E-state index in [1.165, 1.54) is 35.0 Å². The standard InChI is InChI=1S/C44H44Cl2FN3O4/c1-30(2)35-10-13-38(14-11-35)52-23-18-32-4-6-33(7-5-32)28-49-19-21-50(22-20-49)43(51)17-8-34-24-31(3)44(41(46)25-34)54-42-16-15-39(27-48-42)53-29-36-9-12-37(47)26-40(36)45/h4-17,24-27,30H,18-23,28-29H2,1-3H3/b17-8+. The molecule has 1 saturated heterocycles. The largest absolute Gasteiger partial charge is 0.493 e. The minimum atomic E-state index is -0.403. The molecule has 5 aromatic rings. The van der Waals surface area contributed by atoms with Gasteiger partial charge in [0.1, 0.15) is 23.9 Å². The summed E-state index contributed by atoms with van der Waals surface area (Å²) in [6, 6.07) is 28.3. The first-order valence-electron chi connectivity index (χ1n) is 18.1. The van der Waals surface area contributed by atoms with Crippen molar-refractivity contribution < 1.29 is 23.4 Å². The van der Waals surface area contributed by atoms with Gasteiger partial charge in [-0.25, -0.2) is 9.37 Å². The molecule has 10 heteroatoms. The SMILES string of the molecule is Cc1cc(/C=C/C(=O)N2CCN(Cc3ccc(CCOc4ccc(C(C)C)cc4)cc3)CC2)cc(Cl)c1Oc1ccc(OCc2ccc(F)cc2Cl)cn1. The topological polar surface area (TPSA) is 64.1 Å². The van der Waals surface area contributed by atoms with E-state index in [9.17, 15) is 9.18 Å². The number of carbonyl (C=O) groups is 1. The molecule has 0 bridgehead atoms. The van der Waals surface area contributed by atoms with Crippen LogP contribution in [0.1, 0.15) is 53.1 Å². The lowest BCUT2D eigenvalue weighted by Gasteiger charge is -2.34. The number of benzene rings is 4. The Balaban J connectivity index is 0.925. The Morgan fingerprint density at radius 1 is 0.852 bits per heavy atom. The molecule has 0 saturated carbocycles. The summed E-state index contributed by atoms with van der Waals surface area (Å²) in [6.07, 6.45) is 5.77. The first-order valence-corrected chi connectivity index (χ1v) is 18.9. The van der Waals surface area contributed by atoms with Gasteiger partial charge in [0.2, 0.25) is 11.8 Å². The van der Waals surface area contributed by atoms with E-state index in [4.69, 9.17) is 37.4 Å². The van der Waals surface area contributed by atoms with E-state index in [1.807, 2.05) is 30.0 Å². The number of ether oxygens (including phenoxy) is 3. The van der Waals surface area contributed by atoms with E-state index in [0.717, 1.165) is 42.9 Å². The zero-order chi connectivity index (χ0) is 38.0. The predicted octanol–water partition coefficient (Wildman–Crippen LogP) is 10.3. The number of aryl methyl sites for hydroxylation is 1. The van der Waals surface area contributed by atoms with Crippen LogP contribution in [0.3, 0.4) is 0 Å². The number of amides is 1. The van der Waals surface area contributed by atoms with Gasteiger partial charge in [0.25, 0.3) is 0 Å². The van der Waals surface area contributed by atoms with Crippen molar-refractivity contribution in [2.24, 2.45) is 0 Å². The zero-order valence-corrected chi connectivity index (χ0v) is 32.2. The summed E-state index contributed by atoms with van der Waals surface area (Å²) in [5.74, 6) is 2.30. The molecule has 54 heavy (non-hydrogen) atoms. The highest BCUT2D eigenvalue weighted by Crippen LogP contribution is 2.34. The smallest absolute Gasteiger partial charge is 0.246 e. The molecule has 1 amide bonds. The van der Waals surface area contributed by atoms with Crippen LogP contribution in [0.25, 0.3) is 6.08 Å². The third-order valence-electron chi connectivity index (χ3n) is 9.31.